The number of carbonyl (C=O) groups is 2. The molecule has 0 bridgehead atoms. The van der Waals surface area contributed by atoms with E-state index in [9.17, 15) is 22.8 Å². The van der Waals surface area contributed by atoms with Gasteiger partial charge in [-0.25, -0.2) is 14.6 Å². The van der Waals surface area contributed by atoms with Crippen LogP contribution in [0.2, 0.25) is 10.0 Å². The standard InChI is InChI=1S/C30H26Cl2F3N3O6S/c1-3-16-13-17(42-28(40)23-25(37-44-26(23)14-7-8-14)22-18(31)5-4-6-19(22)32)9-10-38(16)29-36-24-20(43-30(33,34)35)11-15(27(39)41-2)12-21(24)45-29/h4-6,11-12,14,16-17H,3,7-10,13H2,1-2H3/t16-,17-/m1/s1. The van der Waals surface area contributed by atoms with Gasteiger partial charge in [-0.3, -0.25) is 0 Å². The van der Waals surface area contributed by atoms with Gasteiger partial charge in [-0.05, 0) is 43.5 Å². The van der Waals surface area contributed by atoms with Crippen molar-refractivity contribution >= 4 is 61.8 Å². The summed E-state index contributed by atoms with van der Waals surface area (Å²) in [6.07, 6.45) is -2.20. The Kier molecular flexibility index (Phi) is 8.61. The molecule has 0 unspecified atom stereocenters. The van der Waals surface area contributed by atoms with Crippen LogP contribution in [-0.2, 0) is 9.47 Å². The van der Waals surface area contributed by atoms with E-state index in [0.29, 0.717) is 57.0 Å². The molecule has 15 heteroatoms. The predicted molar refractivity (Wildman–Crippen MR) is 161 cm³/mol. The number of alkyl halides is 3. The molecular formula is C30H26Cl2F3N3O6S. The normalized spacial score (nSPS) is 18.7. The third-order valence-corrected chi connectivity index (χ3v) is 9.49. The summed E-state index contributed by atoms with van der Waals surface area (Å²) in [7, 11) is 1.14. The molecule has 0 N–H and O–H groups in total. The smallest absolute Gasteiger partial charge is 0.465 e. The van der Waals surface area contributed by atoms with Crippen molar-refractivity contribution in [1.82, 2.24) is 10.1 Å². The molecule has 1 aliphatic carbocycles. The minimum absolute atomic E-state index is 0.0193. The third kappa shape index (κ3) is 6.43. The van der Waals surface area contributed by atoms with Crippen molar-refractivity contribution in [3.05, 3.63) is 57.3 Å². The second kappa shape index (κ2) is 12.3. The maximum absolute atomic E-state index is 13.7. The number of aromatic nitrogens is 2. The van der Waals surface area contributed by atoms with Crippen LogP contribution in [0.3, 0.4) is 0 Å². The van der Waals surface area contributed by atoms with Gasteiger partial charge in [0, 0.05) is 36.9 Å². The van der Waals surface area contributed by atoms with Gasteiger partial charge in [0.05, 0.1) is 27.4 Å². The number of fused-ring (bicyclic) bond motifs is 1. The van der Waals surface area contributed by atoms with E-state index in [2.05, 4.69) is 14.9 Å². The lowest BCUT2D eigenvalue weighted by molar-refractivity contribution is -0.274. The van der Waals surface area contributed by atoms with Crippen LogP contribution in [0.25, 0.3) is 21.5 Å². The first-order valence-electron chi connectivity index (χ1n) is 14.2. The predicted octanol–water partition coefficient (Wildman–Crippen LogP) is 8.43. The van der Waals surface area contributed by atoms with Gasteiger partial charge in [0.2, 0.25) is 0 Å². The number of thiazole rings is 1. The average Bonchev–Trinajstić information content (AvgIpc) is 3.59. The number of carbonyl (C=O) groups excluding carboxylic acids is 2. The highest BCUT2D eigenvalue weighted by Gasteiger charge is 2.39. The first-order valence-corrected chi connectivity index (χ1v) is 15.7. The van der Waals surface area contributed by atoms with Gasteiger partial charge < -0.3 is 23.6 Å². The summed E-state index contributed by atoms with van der Waals surface area (Å²) < 4.78 is 60.5. The highest BCUT2D eigenvalue weighted by molar-refractivity contribution is 7.22. The summed E-state index contributed by atoms with van der Waals surface area (Å²) in [4.78, 5) is 32.3. The largest absolute Gasteiger partial charge is 0.573 e. The zero-order valence-corrected chi connectivity index (χ0v) is 26.3. The Bertz CT molecular complexity index is 1750. The minimum atomic E-state index is -4.99. The average molecular weight is 685 g/mol. The summed E-state index contributed by atoms with van der Waals surface area (Å²) in [6.45, 7) is 2.38. The van der Waals surface area contributed by atoms with E-state index in [-0.39, 0.29) is 34.3 Å². The van der Waals surface area contributed by atoms with Crippen molar-refractivity contribution < 1.29 is 41.5 Å². The summed E-state index contributed by atoms with van der Waals surface area (Å²) in [5.41, 5.74) is 0.736. The molecule has 0 amide bonds. The lowest BCUT2D eigenvalue weighted by atomic mass is 9.97. The SMILES string of the molecule is CC[C@@H]1C[C@H](OC(=O)c2c(-c3c(Cl)cccc3Cl)noc2C2CC2)CCN1c1nc2c(OC(F)(F)F)cc(C(=O)OC)cc2s1. The number of nitrogens with zero attached hydrogens (tertiary/aromatic N) is 3. The van der Waals surface area contributed by atoms with Crippen LogP contribution >= 0.6 is 34.5 Å². The van der Waals surface area contributed by atoms with Gasteiger partial charge in [-0.2, -0.15) is 0 Å². The highest BCUT2D eigenvalue weighted by Crippen LogP contribution is 2.46. The van der Waals surface area contributed by atoms with E-state index < -0.39 is 30.2 Å². The van der Waals surface area contributed by atoms with E-state index in [0.717, 1.165) is 37.4 Å². The van der Waals surface area contributed by atoms with Crippen LogP contribution in [0.4, 0.5) is 18.3 Å². The van der Waals surface area contributed by atoms with Crippen molar-refractivity contribution in [3.8, 4) is 17.0 Å². The van der Waals surface area contributed by atoms with Crippen LogP contribution in [0.5, 0.6) is 5.75 Å². The van der Waals surface area contributed by atoms with Crippen molar-refractivity contribution in [3.63, 3.8) is 0 Å². The van der Waals surface area contributed by atoms with Gasteiger partial charge in [0.15, 0.2) is 16.6 Å². The molecule has 0 spiro atoms. The molecule has 1 saturated heterocycles. The molecule has 3 heterocycles. The molecule has 1 aliphatic heterocycles. The van der Waals surface area contributed by atoms with E-state index >= 15 is 0 Å². The number of halogens is 5. The van der Waals surface area contributed by atoms with Crippen molar-refractivity contribution in [2.24, 2.45) is 0 Å². The van der Waals surface area contributed by atoms with E-state index in [4.69, 9.17) is 37.2 Å². The first kappa shape index (κ1) is 31.4. The fourth-order valence-corrected chi connectivity index (χ4v) is 7.23. The summed E-state index contributed by atoms with van der Waals surface area (Å²) in [5.74, 6) is -1.46. The maximum atomic E-state index is 13.7. The zero-order valence-electron chi connectivity index (χ0n) is 24.0. The fourth-order valence-electron chi connectivity index (χ4n) is 5.54. The minimum Gasteiger partial charge on any atom is -0.465 e. The van der Waals surface area contributed by atoms with Crippen molar-refractivity contribution in [1.29, 1.82) is 0 Å². The fraction of sp³-hybridized carbons (Fsp3) is 0.400. The topological polar surface area (TPSA) is 104 Å². The Balaban J connectivity index is 1.25. The van der Waals surface area contributed by atoms with E-state index in [1.807, 2.05) is 11.8 Å². The number of ether oxygens (including phenoxy) is 3. The molecule has 6 rings (SSSR count). The number of hydrogen-bond acceptors (Lipinski definition) is 10. The van der Waals surface area contributed by atoms with Crippen LogP contribution in [-0.4, -0.2) is 54.2 Å². The summed E-state index contributed by atoms with van der Waals surface area (Å²) >= 11 is 14.0. The van der Waals surface area contributed by atoms with Gasteiger partial charge in [0.1, 0.15) is 22.9 Å². The van der Waals surface area contributed by atoms with Gasteiger partial charge in [0.25, 0.3) is 0 Å². The molecule has 238 valence electrons. The Morgan fingerprint density at radius 1 is 1.13 bits per heavy atom. The van der Waals surface area contributed by atoms with Crippen molar-refractivity contribution in [2.75, 3.05) is 18.6 Å². The number of benzene rings is 2. The number of rotatable bonds is 8. The molecule has 2 aromatic heterocycles. The third-order valence-electron chi connectivity index (χ3n) is 7.82. The lowest BCUT2D eigenvalue weighted by Gasteiger charge is -2.38. The number of methoxy groups -OCH3 is 1. The Morgan fingerprint density at radius 3 is 2.51 bits per heavy atom. The monoisotopic (exact) mass is 683 g/mol. The molecular weight excluding hydrogens is 658 g/mol. The second-order valence-electron chi connectivity index (χ2n) is 10.8. The van der Waals surface area contributed by atoms with Crippen molar-refractivity contribution in [2.45, 2.75) is 63.5 Å². The molecule has 9 nitrogen and oxygen atoms in total. The van der Waals surface area contributed by atoms with Gasteiger partial charge >= 0.3 is 18.3 Å². The molecule has 1 saturated carbocycles. The van der Waals surface area contributed by atoms with Gasteiger partial charge in [-0.15, -0.1) is 13.2 Å². The summed E-state index contributed by atoms with van der Waals surface area (Å²) in [5, 5.41) is 5.28. The molecule has 0 radical (unpaired) electrons. The maximum Gasteiger partial charge on any atom is 0.573 e. The van der Waals surface area contributed by atoms with Crippen LogP contribution in [0.1, 0.15) is 71.4 Å². The summed E-state index contributed by atoms with van der Waals surface area (Å²) in [6, 6.07) is 7.26. The molecule has 2 fully saturated rings. The second-order valence-corrected chi connectivity index (χ2v) is 12.6. The van der Waals surface area contributed by atoms with Gasteiger partial charge in [-0.1, -0.05) is 52.7 Å². The Hall–Kier alpha value is -3.55. The molecule has 2 aromatic carbocycles. The Labute approximate surface area is 269 Å². The number of esters is 2. The molecule has 2 aliphatic rings. The molecule has 45 heavy (non-hydrogen) atoms. The van der Waals surface area contributed by atoms with Crippen LogP contribution < -0.4 is 9.64 Å². The molecule has 4 aromatic rings. The van der Waals surface area contributed by atoms with Crippen LogP contribution in [0, 0.1) is 0 Å². The highest BCUT2D eigenvalue weighted by atomic mass is 35.5. The van der Waals surface area contributed by atoms with Crippen LogP contribution in [0.15, 0.2) is 34.9 Å². The molecule has 2 atom stereocenters. The number of hydrogen-bond donors (Lipinski definition) is 0. The first-order chi connectivity index (χ1) is 21.5. The zero-order chi connectivity index (χ0) is 32.0. The quantitative estimate of drug-likeness (QED) is 0.169. The Morgan fingerprint density at radius 2 is 1.87 bits per heavy atom. The number of anilines is 1. The number of piperidine rings is 1. The van der Waals surface area contributed by atoms with E-state index in [1.165, 1.54) is 6.07 Å². The van der Waals surface area contributed by atoms with E-state index in [1.54, 1.807) is 18.2 Å². The lowest BCUT2D eigenvalue weighted by Crippen LogP contribution is -2.45.